The lowest BCUT2D eigenvalue weighted by Gasteiger charge is -2.01. The van der Waals surface area contributed by atoms with Gasteiger partial charge in [0.2, 0.25) is 0 Å². The van der Waals surface area contributed by atoms with Gasteiger partial charge in [-0.1, -0.05) is 0 Å². The van der Waals surface area contributed by atoms with E-state index in [0.717, 1.165) is 6.42 Å². The van der Waals surface area contributed by atoms with Gasteiger partial charge in [0.15, 0.2) is 0 Å². The van der Waals surface area contributed by atoms with Crippen LogP contribution in [0.5, 0.6) is 0 Å². The third-order valence-electron chi connectivity index (χ3n) is 1.14. The first-order chi connectivity index (χ1) is 4.14. The minimum Gasteiger partial charge on any atom is -0.395 e. The summed E-state index contributed by atoms with van der Waals surface area (Å²) in [5, 5.41) is 11.2. The number of nitrogens with one attached hydrogen (secondary N) is 1. The fourth-order valence-corrected chi connectivity index (χ4v) is 0.672. The molecule has 42 valence electrons. The molecule has 1 aliphatic heterocycles. The zero-order chi connectivity index (χ0) is 6.91. The lowest BCUT2D eigenvalue weighted by Crippen LogP contribution is -2.24. The first-order valence-corrected chi connectivity index (χ1v) is 2.52. The van der Waals surface area contributed by atoms with Gasteiger partial charge in [-0.2, -0.15) is 0 Å². The quantitative estimate of drug-likeness (QED) is 0.479. The van der Waals surface area contributed by atoms with Crippen molar-refractivity contribution in [3.05, 3.63) is 0 Å². The SMILES string of the molecule is [2H]C1([2H])CC[C@@H](CO)N1. The van der Waals surface area contributed by atoms with Crippen LogP contribution in [0.15, 0.2) is 0 Å². The average molecular weight is 103 g/mol. The molecule has 0 bridgehead atoms. The lowest BCUT2D eigenvalue weighted by atomic mass is 10.2. The van der Waals surface area contributed by atoms with E-state index in [0.29, 0.717) is 6.42 Å². The zero-order valence-corrected chi connectivity index (χ0v) is 4.15. The Morgan fingerprint density at radius 1 is 2.00 bits per heavy atom. The van der Waals surface area contributed by atoms with E-state index in [2.05, 4.69) is 5.32 Å². The first kappa shape index (κ1) is 3.05. The minimum atomic E-state index is -1.24. The van der Waals surface area contributed by atoms with Crippen molar-refractivity contribution in [2.75, 3.05) is 13.1 Å². The predicted molar refractivity (Wildman–Crippen MR) is 28.1 cm³/mol. The van der Waals surface area contributed by atoms with Crippen molar-refractivity contribution in [3.8, 4) is 0 Å². The molecule has 1 aliphatic rings. The second-order valence-corrected chi connectivity index (χ2v) is 1.74. The van der Waals surface area contributed by atoms with Crippen molar-refractivity contribution in [2.45, 2.75) is 18.9 Å². The summed E-state index contributed by atoms with van der Waals surface area (Å²) in [7, 11) is 0. The molecule has 0 spiro atoms. The fraction of sp³-hybridized carbons (Fsp3) is 1.00. The summed E-state index contributed by atoms with van der Waals surface area (Å²) < 4.78 is 14.3. The second-order valence-electron chi connectivity index (χ2n) is 1.74. The van der Waals surface area contributed by atoms with Gasteiger partial charge in [-0.05, 0) is 19.3 Å². The molecule has 0 radical (unpaired) electrons. The molecular formula is C5H11NO. The van der Waals surface area contributed by atoms with Crippen molar-refractivity contribution in [1.29, 1.82) is 0 Å². The van der Waals surface area contributed by atoms with E-state index in [1.807, 2.05) is 0 Å². The Hall–Kier alpha value is -0.0800. The normalized spacial score (nSPS) is 42.7. The van der Waals surface area contributed by atoms with E-state index < -0.39 is 6.50 Å². The Balaban J connectivity index is 2.38. The molecule has 1 saturated heterocycles. The van der Waals surface area contributed by atoms with Crippen molar-refractivity contribution >= 4 is 0 Å². The number of aliphatic hydroxyl groups excluding tert-OH is 1. The molecule has 0 unspecified atom stereocenters. The van der Waals surface area contributed by atoms with Crippen LogP contribution in [0.4, 0.5) is 0 Å². The molecule has 1 heterocycles. The lowest BCUT2D eigenvalue weighted by molar-refractivity contribution is 0.255. The van der Waals surface area contributed by atoms with E-state index in [1.165, 1.54) is 0 Å². The van der Waals surface area contributed by atoms with Crippen LogP contribution >= 0.6 is 0 Å². The molecular weight excluding hydrogens is 90.1 g/mol. The van der Waals surface area contributed by atoms with Crippen LogP contribution in [0.2, 0.25) is 0 Å². The number of hydrogen-bond donors (Lipinski definition) is 2. The summed E-state index contributed by atoms with van der Waals surface area (Å²) in [5.74, 6) is 0. The van der Waals surface area contributed by atoms with Crippen molar-refractivity contribution in [2.24, 2.45) is 0 Å². The molecule has 0 aromatic carbocycles. The molecule has 7 heavy (non-hydrogen) atoms. The van der Waals surface area contributed by atoms with Gasteiger partial charge >= 0.3 is 0 Å². The highest BCUT2D eigenvalue weighted by Crippen LogP contribution is 2.02. The molecule has 0 aliphatic carbocycles. The summed E-state index contributed by atoms with van der Waals surface area (Å²) in [6.45, 7) is -1.20. The van der Waals surface area contributed by atoms with Gasteiger partial charge in [-0.15, -0.1) is 0 Å². The molecule has 1 rings (SSSR count). The standard InChI is InChI=1S/C5H11NO/c7-4-5-2-1-3-6-5/h5-7H,1-4H2/t5-/m0/s1/i3D2. The van der Waals surface area contributed by atoms with Crippen LogP contribution in [0, 0.1) is 0 Å². The highest BCUT2D eigenvalue weighted by Gasteiger charge is 2.10. The molecule has 2 heteroatoms. The van der Waals surface area contributed by atoms with Crippen LogP contribution in [-0.2, 0) is 0 Å². The molecule has 0 saturated carbocycles. The van der Waals surface area contributed by atoms with Gasteiger partial charge in [0.05, 0.1) is 6.61 Å². The Morgan fingerprint density at radius 2 is 2.86 bits per heavy atom. The fourth-order valence-electron chi connectivity index (χ4n) is 0.672. The zero-order valence-electron chi connectivity index (χ0n) is 6.15. The first-order valence-electron chi connectivity index (χ1n) is 3.52. The Labute approximate surface area is 46.3 Å². The number of hydrogen-bond acceptors (Lipinski definition) is 2. The monoisotopic (exact) mass is 103 g/mol. The largest absolute Gasteiger partial charge is 0.395 e. The van der Waals surface area contributed by atoms with E-state index in [4.69, 9.17) is 7.85 Å². The van der Waals surface area contributed by atoms with E-state index in [9.17, 15) is 0 Å². The summed E-state index contributed by atoms with van der Waals surface area (Å²) >= 11 is 0. The third-order valence-corrected chi connectivity index (χ3v) is 1.14. The van der Waals surface area contributed by atoms with Gasteiger partial charge in [-0.25, -0.2) is 0 Å². The Bertz CT molecular complexity index is 107. The average Bonchev–Trinajstić information content (AvgIpc) is 2.10. The van der Waals surface area contributed by atoms with Gasteiger partial charge in [0.1, 0.15) is 0 Å². The van der Waals surface area contributed by atoms with E-state index in [1.54, 1.807) is 0 Å². The van der Waals surface area contributed by atoms with Crippen molar-refractivity contribution < 1.29 is 7.85 Å². The van der Waals surface area contributed by atoms with Gasteiger partial charge in [-0.3, -0.25) is 0 Å². The molecule has 0 aromatic heterocycles. The maximum absolute atomic E-state index is 8.57. The van der Waals surface area contributed by atoms with Gasteiger partial charge < -0.3 is 10.4 Å². The van der Waals surface area contributed by atoms with Crippen LogP contribution in [0.3, 0.4) is 0 Å². The second kappa shape index (κ2) is 2.28. The Morgan fingerprint density at radius 3 is 3.14 bits per heavy atom. The number of rotatable bonds is 1. The van der Waals surface area contributed by atoms with E-state index >= 15 is 0 Å². The van der Waals surface area contributed by atoms with Crippen molar-refractivity contribution in [3.63, 3.8) is 0 Å². The van der Waals surface area contributed by atoms with Crippen LogP contribution < -0.4 is 5.32 Å². The summed E-state index contributed by atoms with van der Waals surface area (Å²) in [6.07, 6.45) is 1.25. The molecule has 2 nitrogen and oxygen atoms in total. The molecule has 1 atom stereocenters. The molecule has 2 N–H and O–H groups in total. The topological polar surface area (TPSA) is 32.3 Å². The highest BCUT2D eigenvalue weighted by molar-refractivity contribution is 4.71. The molecule has 1 fully saturated rings. The summed E-state index contributed by atoms with van der Waals surface area (Å²) in [5.41, 5.74) is 0. The maximum atomic E-state index is 8.57. The third kappa shape index (κ3) is 1.14. The van der Waals surface area contributed by atoms with Gasteiger partial charge in [0.25, 0.3) is 0 Å². The van der Waals surface area contributed by atoms with Crippen LogP contribution in [0.1, 0.15) is 15.6 Å². The highest BCUT2D eigenvalue weighted by atomic mass is 16.3. The smallest absolute Gasteiger partial charge is 0.0584 e. The van der Waals surface area contributed by atoms with Crippen molar-refractivity contribution in [1.82, 2.24) is 5.32 Å². The predicted octanol–water partition coefficient (Wildman–Crippen LogP) is -0.269. The summed E-state index contributed by atoms with van der Waals surface area (Å²) in [4.78, 5) is 0. The van der Waals surface area contributed by atoms with Gasteiger partial charge in [0, 0.05) is 8.78 Å². The maximum Gasteiger partial charge on any atom is 0.0584 e. The van der Waals surface area contributed by atoms with Crippen LogP contribution in [0.25, 0.3) is 0 Å². The molecule has 0 amide bonds. The summed E-state index contributed by atoms with van der Waals surface area (Å²) in [6, 6.07) is -0.0278. The number of aliphatic hydroxyl groups is 1. The molecule has 0 aromatic rings. The Kier molecular flexibility index (Phi) is 0.995. The van der Waals surface area contributed by atoms with Crippen LogP contribution in [-0.4, -0.2) is 24.3 Å². The minimum absolute atomic E-state index is 0.0278. The van der Waals surface area contributed by atoms with E-state index in [-0.39, 0.29) is 12.6 Å².